The number of esters is 1. The van der Waals surface area contributed by atoms with Crippen LogP contribution in [0.4, 0.5) is 0 Å². The third-order valence-corrected chi connectivity index (χ3v) is 6.32. The highest BCUT2D eigenvalue weighted by molar-refractivity contribution is 5.92. The number of hydrogen-bond acceptors (Lipinski definition) is 4. The molecule has 0 radical (unpaired) electrons. The zero-order valence-electron chi connectivity index (χ0n) is 19.1. The first-order valence-electron chi connectivity index (χ1n) is 11.0. The van der Waals surface area contributed by atoms with Crippen molar-refractivity contribution in [1.29, 1.82) is 0 Å². The van der Waals surface area contributed by atoms with E-state index in [0.29, 0.717) is 6.10 Å². The number of benzene rings is 1. The summed E-state index contributed by atoms with van der Waals surface area (Å²) in [6, 6.07) is 4.08. The minimum atomic E-state index is -0.346. The van der Waals surface area contributed by atoms with Crippen LogP contribution in [0, 0.1) is 19.8 Å². The molecule has 1 aliphatic heterocycles. The second-order valence-electron chi connectivity index (χ2n) is 8.87. The molecule has 1 aromatic carbocycles. The van der Waals surface area contributed by atoms with Crippen LogP contribution >= 0.6 is 0 Å². The molecular weight excluding hydrogens is 364 g/mol. The number of ether oxygens (including phenoxy) is 2. The fourth-order valence-electron chi connectivity index (χ4n) is 4.77. The molecule has 4 nitrogen and oxygen atoms in total. The molecule has 1 aromatic rings. The molecule has 2 aliphatic rings. The molecule has 2 unspecified atom stereocenters. The Labute approximate surface area is 176 Å². The SMILES string of the molecule is CCCC1CCOC(C)C1.COC(=O)Cc1cc(C)cc(C)c1C1(C(C)=O)CC1. The fraction of sp³-hybridized carbons (Fsp3) is 0.680. The van der Waals surface area contributed by atoms with E-state index in [9.17, 15) is 9.59 Å². The summed E-state index contributed by atoms with van der Waals surface area (Å²) in [6.07, 6.45) is 7.84. The fourth-order valence-corrected chi connectivity index (χ4v) is 4.77. The number of rotatable bonds is 6. The van der Waals surface area contributed by atoms with Crippen molar-refractivity contribution in [1.82, 2.24) is 0 Å². The minimum absolute atomic E-state index is 0.200. The van der Waals surface area contributed by atoms with E-state index in [0.717, 1.165) is 47.6 Å². The van der Waals surface area contributed by atoms with Crippen molar-refractivity contribution in [2.45, 2.75) is 91.1 Å². The molecule has 1 heterocycles. The Balaban J connectivity index is 0.000000253. The van der Waals surface area contributed by atoms with Crippen molar-refractivity contribution >= 4 is 11.8 Å². The van der Waals surface area contributed by atoms with Gasteiger partial charge in [-0.1, -0.05) is 37.5 Å². The molecule has 1 saturated heterocycles. The molecule has 0 spiro atoms. The molecular formula is C25H38O4. The Hall–Kier alpha value is -1.68. The van der Waals surface area contributed by atoms with Gasteiger partial charge in [0.05, 0.1) is 25.0 Å². The highest BCUT2D eigenvalue weighted by Gasteiger charge is 2.50. The molecule has 0 amide bonds. The minimum Gasteiger partial charge on any atom is -0.469 e. The average molecular weight is 403 g/mol. The number of methoxy groups -OCH3 is 1. The highest BCUT2D eigenvalue weighted by Crippen LogP contribution is 2.51. The van der Waals surface area contributed by atoms with Crippen LogP contribution in [0.2, 0.25) is 0 Å². The van der Waals surface area contributed by atoms with Gasteiger partial charge in [0.25, 0.3) is 0 Å². The Morgan fingerprint density at radius 2 is 1.93 bits per heavy atom. The van der Waals surface area contributed by atoms with Crippen LogP contribution in [0.25, 0.3) is 0 Å². The van der Waals surface area contributed by atoms with Crippen molar-refractivity contribution in [2.75, 3.05) is 13.7 Å². The van der Waals surface area contributed by atoms with Crippen LogP contribution in [0.15, 0.2) is 12.1 Å². The summed E-state index contributed by atoms with van der Waals surface area (Å²) in [5.74, 6) is 0.893. The summed E-state index contributed by atoms with van der Waals surface area (Å²) in [5.41, 5.74) is 3.86. The molecule has 2 fully saturated rings. The lowest BCUT2D eigenvalue weighted by Crippen LogP contribution is -2.22. The first kappa shape index (κ1) is 23.6. The molecule has 3 rings (SSSR count). The summed E-state index contributed by atoms with van der Waals surface area (Å²) in [5, 5.41) is 0. The lowest BCUT2D eigenvalue weighted by molar-refractivity contribution is -0.139. The predicted molar refractivity (Wildman–Crippen MR) is 116 cm³/mol. The standard InChI is InChI=1S/C16H20O3.C9H18O/c1-10-7-11(2)15(16(5-6-16)12(3)17)13(8-10)9-14(18)19-4;1-3-4-9-5-6-10-8(2)7-9/h7-8H,5-6,9H2,1-4H3;8-9H,3-7H2,1-2H3. The lowest BCUT2D eigenvalue weighted by atomic mass is 9.83. The zero-order chi connectivity index (χ0) is 21.6. The maximum Gasteiger partial charge on any atom is 0.309 e. The summed E-state index contributed by atoms with van der Waals surface area (Å²) >= 11 is 0. The van der Waals surface area contributed by atoms with E-state index in [1.165, 1.54) is 32.8 Å². The topological polar surface area (TPSA) is 52.6 Å². The molecule has 0 aromatic heterocycles. The van der Waals surface area contributed by atoms with Gasteiger partial charge in [-0.2, -0.15) is 0 Å². The maximum atomic E-state index is 12.0. The largest absolute Gasteiger partial charge is 0.469 e. The van der Waals surface area contributed by atoms with Gasteiger partial charge >= 0.3 is 5.97 Å². The van der Waals surface area contributed by atoms with Gasteiger partial charge in [-0.05, 0) is 76.0 Å². The lowest BCUT2D eigenvalue weighted by Gasteiger charge is -2.26. The second kappa shape index (κ2) is 10.4. The molecule has 1 aliphatic carbocycles. The van der Waals surface area contributed by atoms with E-state index in [1.807, 2.05) is 19.9 Å². The number of ketones is 1. The number of aryl methyl sites for hydroxylation is 2. The number of Topliss-reactive ketones (excluding diaryl/α,β-unsaturated/α-hetero) is 1. The van der Waals surface area contributed by atoms with Crippen molar-refractivity contribution in [3.8, 4) is 0 Å². The van der Waals surface area contributed by atoms with E-state index >= 15 is 0 Å². The number of carbonyl (C=O) groups is 2. The summed E-state index contributed by atoms with van der Waals surface area (Å²) < 4.78 is 10.2. The second-order valence-corrected chi connectivity index (χ2v) is 8.87. The molecule has 29 heavy (non-hydrogen) atoms. The number of carbonyl (C=O) groups excluding carboxylic acids is 2. The van der Waals surface area contributed by atoms with Crippen molar-refractivity contribution in [3.63, 3.8) is 0 Å². The van der Waals surface area contributed by atoms with Crippen molar-refractivity contribution in [3.05, 3.63) is 34.4 Å². The van der Waals surface area contributed by atoms with E-state index in [2.05, 4.69) is 19.9 Å². The van der Waals surface area contributed by atoms with Crippen LogP contribution in [0.1, 0.15) is 81.5 Å². The van der Waals surface area contributed by atoms with E-state index in [1.54, 1.807) is 6.92 Å². The summed E-state index contributed by atoms with van der Waals surface area (Å²) in [6.45, 7) is 11.1. The third-order valence-electron chi connectivity index (χ3n) is 6.32. The van der Waals surface area contributed by atoms with E-state index < -0.39 is 0 Å². The molecule has 2 atom stereocenters. The number of hydrogen-bond donors (Lipinski definition) is 0. The van der Waals surface area contributed by atoms with Crippen LogP contribution in [0.5, 0.6) is 0 Å². The first-order valence-corrected chi connectivity index (χ1v) is 11.0. The van der Waals surface area contributed by atoms with Gasteiger partial charge in [-0.25, -0.2) is 0 Å². The van der Waals surface area contributed by atoms with Crippen LogP contribution in [-0.4, -0.2) is 31.6 Å². The Kier molecular flexibility index (Phi) is 8.45. The Morgan fingerprint density at radius 3 is 2.45 bits per heavy atom. The first-order chi connectivity index (χ1) is 13.7. The Bertz CT molecular complexity index is 716. The summed E-state index contributed by atoms with van der Waals surface area (Å²) in [7, 11) is 1.39. The molecule has 0 bridgehead atoms. The normalized spacial score (nSPS) is 22.3. The molecule has 162 valence electrons. The van der Waals surface area contributed by atoms with E-state index in [4.69, 9.17) is 9.47 Å². The molecule has 0 N–H and O–H groups in total. The van der Waals surface area contributed by atoms with Gasteiger partial charge < -0.3 is 9.47 Å². The third kappa shape index (κ3) is 6.15. The van der Waals surface area contributed by atoms with Crippen LogP contribution < -0.4 is 0 Å². The summed E-state index contributed by atoms with van der Waals surface area (Å²) in [4.78, 5) is 23.5. The van der Waals surface area contributed by atoms with Crippen molar-refractivity contribution < 1.29 is 19.1 Å². The maximum absolute atomic E-state index is 12.0. The van der Waals surface area contributed by atoms with Gasteiger partial charge in [0, 0.05) is 6.61 Å². The average Bonchev–Trinajstić information content (AvgIpc) is 3.43. The predicted octanol–water partition coefficient (Wildman–Crippen LogP) is 5.24. The zero-order valence-corrected chi connectivity index (χ0v) is 19.1. The van der Waals surface area contributed by atoms with Gasteiger partial charge in [-0.15, -0.1) is 0 Å². The highest BCUT2D eigenvalue weighted by atomic mass is 16.5. The smallest absolute Gasteiger partial charge is 0.309 e. The molecule has 1 saturated carbocycles. The van der Waals surface area contributed by atoms with Gasteiger partial charge in [0.15, 0.2) is 0 Å². The van der Waals surface area contributed by atoms with Gasteiger partial charge in [0.1, 0.15) is 5.78 Å². The van der Waals surface area contributed by atoms with Gasteiger partial charge in [-0.3, -0.25) is 9.59 Å². The van der Waals surface area contributed by atoms with Crippen LogP contribution in [-0.2, 0) is 30.9 Å². The molecule has 4 heteroatoms. The van der Waals surface area contributed by atoms with Gasteiger partial charge in [0.2, 0.25) is 0 Å². The van der Waals surface area contributed by atoms with Crippen LogP contribution in [0.3, 0.4) is 0 Å². The monoisotopic (exact) mass is 402 g/mol. The quantitative estimate of drug-likeness (QED) is 0.611. The Morgan fingerprint density at radius 1 is 1.24 bits per heavy atom. The van der Waals surface area contributed by atoms with E-state index in [-0.39, 0.29) is 23.6 Å². The van der Waals surface area contributed by atoms with Crippen molar-refractivity contribution in [2.24, 2.45) is 5.92 Å².